The van der Waals surface area contributed by atoms with Gasteiger partial charge in [-0.2, -0.15) is 5.26 Å². The first-order valence-corrected chi connectivity index (χ1v) is 24.8. The Morgan fingerprint density at radius 3 is 1.90 bits per heavy atom. The lowest BCUT2D eigenvalue weighted by molar-refractivity contribution is -0.0943. The van der Waals surface area contributed by atoms with Crippen LogP contribution in [0.2, 0.25) is 18.1 Å². The van der Waals surface area contributed by atoms with Crippen LogP contribution in [0.4, 0.5) is 0 Å². The molecular formula is C46H63N4O9PSi. The van der Waals surface area contributed by atoms with Gasteiger partial charge < -0.3 is 32.4 Å². The number of aromatic nitrogens is 2. The molecule has 2 heterocycles. The standard InChI is InChI=1S/C46H63N4O9PSi/c1-31(2)50(32(3)4)60(56-28-16-27-47)58-40-39(57-43(41(40)59-61(11,12)45(6,7)8)49-29-33(5)42(51)48-44(49)52)30-55-46(34-17-14-13-15-18-34,35-19-23-37(53-9)24-20-35)36-21-25-38(54-10)26-22-36/h13-15,17-26,29,31-32,39-41,43H,16,28,30H2,1-12H3,(H,48,51,52)/t39-,40-,41-,43+,60?/m0/s1. The maximum absolute atomic E-state index is 13.8. The summed E-state index contributed by atoms with van der Waals surface area (Å²) < 4.78 is 50.2. The number of hydrogen-bond acceptors (Lipinski definition) is 11. The summed E-state index contributed by atoms with van der Waals surface area (Å²) in [6, 6.07) is 27.7. The van der Waals surface area contributed by atoms with E-state index >= 15 is 0 Å². The molecule has 0 radical (unpaired) electrons. The Labute approximate surface area is 363 Å². The minimum absolute atomic E-state index is 0.00103. The zero-order valence-corrected chi connectivity index (χ0v) is 39.5. The highest BCUT2D eigenvalue weighted by atomic mass is 31.2. The van der Waals surface area contributed by atoms with E-state index in [1.54, 1.807) is 21.1 Å². The molecule has 3 aromatic carbocycles. The zero-order chi connectivity index (χ0) is 44.7. The summed E-state index contributed by atoms with van der Waals surface area (Å²) >= 11 is 0. The van der Waals surface area contributed by atoms with Gasteiger partial charge in [0.15, 0.2) is 14.5 Å². The molecule has 1 unspecified atom stereocenters. The minimum Gasteiger partial charge on any atom is -0.497 e. The molecule has 0 spiro atoms. The number of aromatic amines is 1. The van der Waals surface area contributed by atoms with E-state index in [2.05, 4.69) is 77.3 Å². The van der Waals surface area contributed by atoms with Crippen LogP contribution < -0.4 is 20.7 Å². The van der Waals surface area contributed by atoms with Crippen LogP contribution in [0.3, 0.4) is 0 Å². The molecule has 61 heavy (non-hydrogen) atoms. The molecule has 330 valence electrons. The molecule has 13 nitrogen and oxygen atoms in total. The van der Waals surface area contributed by atoms with Gasteiger partial charge in [0.05, 0.1) is 39.9 Å². The number of rotatable bonds is 19. The Morgan fingerprint density at radius 1 is 0.869 bits per heavy atom. The van der Waals surface area contributed by atoms with E-state index in [0.29, 0.717) is 17.1 Å². The van der Waals surface area contributed by atoms with Crippen LogP contribution in [0, 0.1) is 18.3 Å². The van der Waals surface area contributed by atoms with Crippen molar-refractivity contribution in [3.63, 3.8) is 0 Å². The van der Waals surface area contributed by atoms with Gasteiger partial charge in [-0.25, -0.2) is 9.46 Å². The van der Waals surface area contributed by atoms with Crippen LogP contribution in [0.25, 0.3) is 0 Å². The van der Waals surface area contributed by atoms with Gasteiger partial charge in [0.2, 0.25) is 0 Å². The molecule has 4 aromatic rings. The topological polar surface area (TPSA) is 147 Å². The highest BCUT2D eigenvalue weighted by molar-refractivity contribution is 7.44. The fourth-order valence-electron chi connectivity index (χ4n) is 7.29. The first-order valence-electron chi connectivity index (χ1n) is 20.8. The molecular weight excluding hydrogens is 812 g/mol. The van der Waals surface area contributed by atoms with Crippen molar-refractivity contribution >= 4 is 16.8 Å². The Hall–Kier alpha value is -4.16. The van der Waals surface area contributed by atoms with Gasteiger partial charge in [-0.3, -0.25) is 14.3 Å². The van der Waals surface area contributed by atoms with E-state index < -0.39 is 58.2 Å². The highest BCUT2D eigenvalue weighted by Gasteiger charge is 2.54. The van der Waals surface area contributed by atoms with E-state index in [1.165, 1.54) is 10.8 Å². The number of H-pyrrole nitrogens is 1. The van der Waals surface area contributed by atoms with Gasteiger partial charge in [-0.05, 0) is 93.7 Å². The van der Waals surface area contributed by atoms with Crippen LogP contribution in [-0.4, -0.2) is 80.4 Å². The van der Waals surface area contributed by atoms with Crippen molar-refractivity contribution in [3.05, 3.63) is 128 Å². The van der Waals surface area contributed by atoms with Gasteiger partial charge in [-0.15, -0.1) is 0 Å². The van der Waals surface area contributed by atoms with Crippen LogP contribution in [0.5, 0.6) is 11.5 Å². The average Bonchev–Trinajstić information content (AvgIpc) is 3.54. The van der Waals surface area contributed by atoms with E-state index in [0.717, 1.165) is 16.7 Å². The van der Waals surface area contributed by atoms with E-state index in [-0.39, 0.29) is 36.8 Å². The SMILES string of the molecule is COc1ccc(C(OC[C@@H]2O[C@@H](n3cc(C)c(=O)[nH]c3=O)[C@@H](O[Si](C)(C)C(C)(C)C)[C@H]2OP(OCCC#N)N(C(C)C)C(C)C)(c2ccccc2)c2ccc(OC)cc2)cc1. The van der Waals surface area contributed by atoms with Gasteiger partial charge in [0.1, 0.15) is 35.4 Å². The third kappa shape index (κ3) is 10.7. The molecule has 1 fully saturated rings. The van der Waals surface area contributed by atoms with Crippen LogP contribution in [0.1, 0.15) is 83.4 Å². The Bertz CT molecular complexity index is 2130. The second kappa shape index (κ2) is 20.3. The van der Waals surface area contributed by atoms with Crippen molar-refractivity contribution in [3.8, 4) is 17.6 Å². The van der Waals surface area contributed by atoms with Gasteiger partial charge in [0, 0.05) is 23.8 Å². The fourth-order valence-corrected chi connectivity index (χ4v) is 10.3. The smallest absolute Gasteiger partial charge is 0.330 e. The summed E-state index contributed by atoms with van der Waals surface area (Å²) in [5.41, 5.74) is 0.506. The first-order chi connectivity index (χ1) is 28.9. The molecule has 1 saturated heterocycles. The molecule has 0 saturated carbocycles. The second-order valence-electron chi connectivity index (χ2n) is 17.3. The first kappa shape index (κ1) is 47.9. The summed E-state index contributed by atoms with van der Waals surface area (Å²) in [6.45, 7) is 20.8. The number of nitrogens with zero attached hydrogens (tertiary/aromatic N) is 3. The van der Waals surface area contributed by atoms with Crippen molar-refractivity contribution < 1.29 is 32.4 Å². The largest absolute Gasteiger partial charge is 0.497 e. The molecule has 1 N–H and O–H groups in total. The molecule has 1 aromatic heterocycles. The van der Waals surface area contributed by atoms with Crippen molar-refractivity contribution in [2.75, 3.05) is 27.4 Å². The van der Waals surface area contributed by atoms with Crippen molar-refractivity contribution in [1.29, 1.82) is 5.26 Å². The highest BCUT2D eigenvalue weighted by Crippen LogP contribution is 2.52. The number of nitrogens with one attached hydrogen (secondary N) is 1. The summed E-state index contributed by atoms with van der Waals surface area (Å²) in [5, 5.41) is 9.28. The predicted molar refractivity (Wildman–Crippen MR) is 240 cm³/mol. The third-order valence-electron chi connectivity index (χ3n) is 11.5. The molecule has 0 aliphatic carbocycles. The van der Waals surface area contributed by atoms with Gasteiger partial charge in [-0.1, -0.05) is 75.4 Å². The number of methoxy groups -OCH3 is 2. The molecule has 1 aliphatic heterocycles. The molecule has 5 rings (SSSR count). The summed E-state index contributed by atoms with van der Waals surface area (Å²) in [4.78, 5) is 29.0. The molecule has 5 atom stereocenters. The van der Waals surface area contributed by atoms with E-state index in [1.807, 2.05) is 78.9 Å². The lowest BCUT2D eigenvalue weighted by atomic mass is 9.80. The number of nitriles is 1. The zero-order valence-electron chi connectivity index (χ0n) is 37.6. The second-order valence-corrected chi connectivity index (χ2v) is 23.5. The Balaban J connectivity index is 1.75. The minimum atomic E-state index is -2.65. The van der Waals surface area contributed by atoms with Crippen molar-refractivity contribution in [2.45, 2.75) is 122 Å². The number of hydrogen-bond donors (Lipinski definition) is 1. The number of ether oxygens (including phenoxy) is 4. The Kier molecular flexibility index (Phi) is 16.0. The molecule has 15 heteroatoms. The van der Waals surface area contributed by atoms with Gasteiger partial charge in [0.25, 0.3) is 14.1 Å². The fraction of sp³-hybridized carbons (Fsp3) is 0.500. The van der Waals surface area contributed by atoms with Crippen LogP contribution in [-0.2, 0) is 28.5 Å². The average molecular weight is 875 g/mol. The van der Waals surface area contributed by atoms with Crippen LogP contribution in [0.15, 0.2) is 94.6 Å². The van der Waals surface area contributed by atoms with E-state index in [9.17, 15) is 14.9 Å². The monoisotopic (exact) mass is 874 g/mol. The lowest BCUT2D eigenvalue weighted by Gasteiger charge is -2.42. The van der Waals surface area contributed by atoms with Crippen molar-refractivity contribution in [2.24, 2.45) is 0 Å². The predicted octanol–water partition coefficient (Wildman–Crippen LogP) is 8.82. The molecule has 0 amide bonds. The third-order valence-corrected chi connectivity index (χ3v) is 18.1. The maximum Gasteiger partial charge on any atom is 0.330 e. The number of aryl methyl sites for hydroxylation is 1. The summed E-state index contributed by atoms with van der Waals surface area (Å²) in [7, 11) is -1.22. The number of benzene rings is 3. The maximum atomic E-state index is 13.8. The Morgan fingerprint density at radius 2 is 1.41 bits per heavy atom. The van der Waals surface area contributed by atoms with Crippen LogP contribution >= 0.6 is 8.53 Å². The molecule has 1 aliphatic rings. The summed E-state index contributed by atoms with van der Waals surface area (Å²) in [5.74, 6) is 1.38. The normalized spacial score (nSPS) is 19.0. The summed E-state index contributed by atoms with van der Waals surface area (Å²) in [6.07, 6.45) is -1.95. The lowest BCUT2D eigenvalue weighted by Crippen LogP contribution is -2.51. The molecule has 0 bridgehead atoms. The van der Waals surface area contributed by atoms with Gasteiger partial charge >= 0.3 is 5.69 Å². The quantitative estimate of drug-likeness (QED) is 0.0417. The van der Waals surface area contributed by atoms with Crippen molar-refractivity contribution in [1.82, 2.24) is 14.2 Å². The van der Waals surface area contributed by atoms with E-state index in [4.69, 9.17) is 32.4 Å².